The second-order valence-electron chi connectivity index (χ2n) is 2.28. The van der Waals surface area contributed by atoms with Crippen molar-refractivity contribution in [1.82, 2.24) is 0 Å². The van der Waals surface area contributed by atoms with Crippen LogP contribution in [0.4, 0.5) is 0 Å². The minimum Gasteiger partial charge on any atom is -0.109 e. The maximum atomic E-state index is 5.13. The van der Waals surface area contributed by atoms with E-state index in [4.69, 9.17) is 12.2 Å². The quantitative estimate of drug-likeness (QED) is 0.543. The van der Waals surface area contributed by atoms with Gasteiger partial charge < -0.3 is 0 Å². The Balaban J connectivity index is 2.59. The zero-order valence-electron chi connectivity index (χ0n) is 5.33. The van der Waals surface area contributed by atoms with Gasteiger partial charge in [-0.05, 0) is 17.2 Å². The van der Waals surface area contributed by atoms with Crippen molar-refractivity contribution in [3.63, 3.8) is 0 Å². The van der Waals surface area contributed by atoms with Gasteiger partial charge in [0.25, 0.3) is 0 Å². The lowest BCUT2D eigenvalue weighted by Gasteiger charge is -2.11. The molecule has 2 bridgehead atoms. The Hall–Kier alpha value is -0.340. The highest BCUT2D eigenvalue weighted by Gasteiger charge is 2.08. The predicted molar refractivity (Wildman–Crippen MR) is 49.4 cm³/mol. The molecule has 0 aliphatic carbocycles. The summed E-state index contributed by atoms with van der Waals surface area (Å²) in [6, 6.07) is 8.44. The molecular weight excluding hydrogens is 160 g/mol. The van der Waals surface area contributed by atoms with E-state index in [1.807, 2.05) is 0 Å². The highest BCUT2D eigenvalue weighted by atomic mass is 32.2. The van der Waals surface area contributed by atoms with E-state index >= 15 is 0 Å². The average molecular weight is 166 g/mol. The van der Waals surface area contributed by atoms with E-state index in [-0.39, 0.29) is 0 Å². The molecule has 10 heavy (non-hydrogen) atoms. The first-order valence-corrected chi connectivity index (χ1v) is 4.52. The minimum absolute atomic E-state index is 1.04. The number of thioether (sulfide) groups is 1. The van der Waals surface area contributed by atoms with Gasteiger partial charge in [0, 0.05) is 5.75 Å². The van der Waals surface area contributed by atoms with E-state index in [1.54, 1.807) is 11.8 Å². The van der Waals surface area contributed by atoms with Gasteiger partial charge in [0.1, 0.15) is 0 Å². The Kier molecular flexibility index (Phi) is 1.51. The van der Waals surface area contributed by atoms with Crippen LogP contribution in [0.15, 0.2) is 24.3 Å². The molecule has 0 radical (unpaired) electrons. The fourth-order valence-corrected chi connectivity index (χ4v) is 2.09. The van der Waals surface area contributed by atoms with Crippen LogP contribution in [0.1, 0.15) is 11.1 Å². The molecule has 0 saturated heterocycles. The van der Waals surface area contributed by atoms with Crippen molar-refractivity contribution >= 4 is 28.2 Å². The van der Waals surface area contributed by atoms with Crippen LogP contribution in [0.2, 0.25) is 0 Å². The largest absolute Gasteiger partial charge is 0.109 e. The van der Waals surface area contributed by atoms with Crippen molar-refractivity contribution in [2.75, 3.05) is 0 Å². The molecule has 50 valence electrons. The Bertz CT molecular complexity index is 278. The number of thiocarbonyl (C=S) groups is 1. The fourth-order valence-electron chi connectivity index (χ4n) is 1.02. The summed E-state index contributed by atoms with van der Waals surface area (Å²) in [5, 5.41) is 0. The van der Waals surface area contributed by atoms with E-state index in [9.17, 15) is 0 Å². The summed E-state index contributed by atoms with van der Waals surface area (Å²) in [6.07, 6.45) is 0. The topological polar surface area (TPSA) is 0 Å². The van der Waals surface area contributed by atoms with Crippen molar-refractivity contribution < 1.29 is 0 Å². The molecule has 0 atom stereocenters. The molecule has 2 heteroatoms. The Morgan fingerprint density at radius 1 is 1.40 bits per heavy atom. The predicted octanol–water partition coefficient (Wildman–Crippen LogP) is 2.61. The van der Waals surface area contributed by atoms with Crippen LogP contribution in [-0.2, 0) is 5.75 Å². The normalized spacial score (nSPS) is 15.4. The van der Waals surface area contributed by atoms with Gasteiger partial charge in [0.15, 0.2) is 0 Å². The van der Waals surface area contributed by atoms with E-state index in [1.165, 1.54) is 11.1 Å². The monoisotopic (exact) mass is 166 g/mol. The molecule has 1 aromatic carbocycles. The summed E-state index contributed by atoms with van der Waals surface area (Å²) in [5.74, 6) is 1.05. The zero-order valence-corrected chi connectivity index (χ0v) is 6.97. The van der Waals surface area contributed by atoms with Crippen LogP contribution in [0.5, 0.6) is 0 Å². The fraction of sp³-hybridized carbons (Fsp3) is 0.125. The van der Waals surface area contributed by atoms with Gasteiger partial charge >= 0.3 is 0 Å². The zero-order chi connectivity index (χ0) is 6.97. The summed E-state index contributed by atoms with van der Waals surface area (Å²) < 4.78 is 1.04. The smallest absolute Gasteiger partial charge is 0.0781 e. The molecule has 0 nitrogen and oxygen atoms in total. The number of fused-ring (bicyclic) bond motifs is 2. The third-order valence-corrected chi connectivity index (χ3v) is 3.10. The van der Waals surface area contributed by atoms with Gasteiger partial charge in [-0.25, -0.2) is 0 Å². The van der Waals surface area contributed by atoms with Crippen LogP contribution < -0.4 is 0 Å². The molecule has 1 aliphatic heterocycles. The Labute approximate surface area is 69.6 Å². The number of rotatable bonds is 0. The summed E-state index contributed by atoms with van der Waals surface area (Å²) in [4.78, 5) is 0. The molecular formula is C8H6S2. The first-order chi connectivity index (χ1) is 4.86. The van der Waals surface area contributed by atoms with Crippen LogP contribution in [0, 0.1) is 0 Å². The maximum Gasteiger partial charge on any atom is 0.0781 e. The first kappa shape index (κ1) is 6.38. The number of hydrogen-bond acceptors (Lipinski definition) is 2. The molecule has 1 heterocycles. The SMILES string of the molecule is S=C1SCc2cccc1c2. The maximum absolute atomic E-state index is 5.13. The van der Waals surface area contributed by atoms with Crippen molar-refractivity contribution in [1.29, 1.82) is 0 Å². The van der Waals surface area contributed by atoms with Crippen molar-refractivity contribution in [3.8, 4) is 0 Å². The van der Waals surface area contributed by atoms with Gasteiger partial charge in [0.05, 0.1) is 4.20 Å². The number of benzene rings is 1. The molecule has 0 aromatic heterocycles. The molecule has 1 aliphatic rings. The Morgan fingerprint density at radius 2 is 2.30 bits per heavy atom. The van der Waals surface area contributed by atoms with E-state index in [2.05, 4.69) is 24.3 Å². The van der Waals surface area contributed by atoms with Crippen LogP contribution in [0.3, 0.4) is 0 Å². The molecule has 0 N–H and O–H groups in total. The van der Waals surface area contributed by atoms with Gasteiger partial charge in [-0.1, -0.05) is 30.4 Å². The first-order valence-electron chi connectivity index (χ1n) is 3.12. The molecule has 2 rings (SSSR count). The lowest BCUT2D eigenvalue weighted by atomic mass is 10.1. The second-order valence-corrected chi connectivity index (χ2v) is 3.93. The van der Waals surface area contributed by atoms with Crippen LogP contribution in [0.25, 0.3) is 0 Å². The lowest BCUT2D eigenvalue weighted by molar-refractivity contribution is 1.41. The van der Waals surface area contributed by atoms with E-state index in [0.29, 0.717) is 0 Å². The third kappa shape index (κ3) is 0.976. The molecule has 0 saturated carbocycles. The lowest BCUT2D eigenvalue weighted by Crippen LogP contribution is -1.99. The second kappa shape index (κ2) is 2.36. The highest BCUT2D eigenvalue weighted by Crippen LogP contribution is 2.25. The molecule has 0 spiro atoms. The van der Waals surface area contributed by atoms with Gasteiger partial charge in [0.2, 0.25) is 0 Å². The van der Waals surface area contributed by atoms with Crippen LogP contribution in [-0.4, -0.2) is 4.20 Å². The standard InChI is InChI=1S/C8H6S2/c9-8-7-3-1-2-6(4-7)5-10-8/h1-4H,5H2. The minimum atomic E-state index is 1.04. The molecule has 1 aromatic rings. The van der Waals surface area contributed by atoms with E-state index < -0.39 is 0 Å². The Morgan fingerprint density at radius 3 is 3.10 bits per heavy atom. The van der Waals surface area contributed by atoms with E-state index in [0.717, 1.165) is 9.95 Å². The summed E-state index contributed by atoms with van der Waals surface area (Å²) in [6.45, 7) is 0. The van der Waals surface area contributed by atoms with Gasteiger partial charge in [-0.2, -0.15) is 0 Å². The highest BCUT2D eigenvalue weighted by molar-refractivity contribution is 8.23. The molecule has 0 amide bonds. The van der Waals surface area contributed by atoms with Gasteiger partial charge in [-0.15, -0.1) is 11.8 Å². The summed E-state index contributed by atoms with van der Waals surface area (Å²) in [7, 11) is 0. The van der Waals surface area contributed by atoms with Crippen molar-refractivity contribution in [3.05, 3.63) is 35.4 Å². The van der Waals surface area contributed by atoms with Crippen molar-refractivity contribution in [2.45, 2.75) is 5.75 Å². The molecule has 0 fully saturated rings. The third-order valence-electron chi connectivity index (χ3n) is 1.53. The number of hydrogen-bond donors (Lipinski definition) is 0. The van der Waals surface area contributed by atoms with Gasteiger partial charge in [-0.3, -0.25) is 0 Å². The average Bonchev–Trinajstić information content (AvgIpc) is 1.99. The summed E-state index contributed by atoms with van der Waals surface area (Å²) >= 11 is 6.88. The summed E-state index contributed by atoms with van der Waals surface area (Å²) in [5.41, 5.74) is 2.60. The van der Waals surface area contributed by atoms with Crippen molar-refractivity contribution in [2.24, 2.45) is 0 Å². The van der Waals surface area contributed by atoms with Crippen LogP contribution >= 0.6 is 24.0 Å². The molecule has 0 unspecified atom stereocenters.